The van der Waals surface area contributed by atoms with Crippen LogP contribution in [0.4, 0.5) is 5.69 Å². The summed E-state index contributed by atoms with van der Waals surface area (Å²) in [6.07, 6.45) is 3.31. The lowest BCUT2D eigenvalue weighted by Gasteiger charge is -2.29. The van der Waals surface area contributed by atoms with Gasteiger partial charge in [-0.3, -0.25) is 13.9 Å². The van der Waals surface area contributed by atoms with Crippen LogP contribution in [-0.4, -0.2) is 57.1 Å². The first-order valence-corrected chi connectivity index (χ1v) is 14.8. The van der Waals surface area contributed by atoms with Gasteiger partial charge in [0.05, 0.1) is 18.6 Å². The molecule has 1 atom stereocenters. The lowest BCUT2D eigenvalue weighted by molar-refractivity contribution is -0.140. The Morgan fingerprint density at radius 2 is 1.78 bits per heavy atom. The van der Waals surface area contributed by atoms with E-state index in [1.54, 1.807) is 49.4 Å². The first-order valence-electron chi connectivity index (χ1n) is 12.6. The van der Waals surface area contributed by atoms with Gasteiger partial charge in [0.2, 0.25) is 21.8 Å². The van der Waals surface area contributed by atoms with Crippen LogP contribution in [0.3, 0.4) is 0 Å². The van der Waals surface area contributed by atoms with Crippen molar-refractivity contribution < 1.29 is 22.7 Å². The van der Waals surface area contributed by atoms with E-state index >= 15 is 0 Å². The summed E-state index contributed by atoms with van der Waals surface area (Å²) in [5, 5.41) is 3.43. The predicted octanol–water partition coefficient (Wildman–Crippen LogP) is 4.62. The van der Waals surface area contributed by atoms with Crippen LogP contribution >= 0.6 is 11.6 Å². The number of hydrogen-bond acceptors (Lipinski definition) is 5. The molecule has 1 N–H and O–H groups in total. The first-order chi connectivity index (χ1) is 17.6. The average molecular weight is 552 g/mol. The van der Waals surface area contributed by atoms with Crippen molar-refractivity contribution in [2.24, 2.45) is 0 Å². The van der Waals surface area contributed by atoms with Crippen molar-refractivity contribution in [2.75, 3.05) is 30.3 Å². The van der Waals surface area contributed by atoms with Gasteiger partial charge in [0.15, 0.2) is 0 Å². The van der Waals surface area contributed by atoms with Crippen LogP contribution in [0.2, 0.25) is 5.02 Å². The van der Waals surface area contributed by atoms with Crippen molar-refractivity contribution in [1.29, 1.82) is 0 Å². The van der Waals surface area contributed by atoms with E-state index in [2.05, 4.69) is 5.32 Å². The largest absolute Gasteiger partial charge is 0.494 e. The van der Waals surface area contributed by atoms with Gasteiger partial charge in [-0.2, -0.15) is 0 Å². The van der Waals surface area contributed by atoms with E-state index in [1.807, 2.05) is 19.9 Å². The van der Waals surface area contributed by atoms with Crippen LogP contribution in [0.15, 0.2) is 48.5 Å². The molecule has 0 aliphatic carbocycles. The van der Waals surface area contributed by atoms with Crippen molar-refractivity contribution in [3.63, 3.8) is 0 Å². The molecule has 0 aromatic heterocycles. The number of nitrogens with one attached hydrogen (secondary N) is 1. The normalized spacial score (nSPS) is 12.0. The van der Waals surface area contributed by atoms with Crippen molar-refractivity contribution in [3.05, 3.63) is 59.1 Å². The molecular formula is C27H38ClN3O5S. The number of nitrogens with zero attached hydrogens (tertiary/aromatic N) is 2. The summed E-state index contributed by atoms with van der Waals surface area (Å²) in [6.45, 7) is 7.02. The number of carbonyl (C=O) groups is 2. The Morgan fingerprint density at radius 1 is 1.08 bits per heavy atom. The molecule has 1 unspecified atom stereocenters. The van der Waals surface area contributed by atoms with Crippen LogP contribution in [0.5, 0.6) is 5.75 Å². The van der Waals surface area contributed by atoms with Gasteiger partial charge >= 0.3 is 0 Å². The number of hydrogen-bond donors (Lipinski definition) is 1. The van der Waals surface area contributed by atoms with Gasteiger partial charge < -0.3 is 15.0 Å². The number of rotatable bonds is 15. The van der Waals surface area contributed by atoms with Gasteiger partial charge in [0.1, 0.15) is 11.8 Å². The summed E-state index contributed by atoms with van der Waals surface area (Å²) in [4.78, 5) is 27.6. The van der Waals surface area contributed by atoms with Crippen LogP contribution in [0, 0.1) is 0 Å². The fourth-order valence-electron chi connectivity index (χ4n) is 3.83. The monoisotopic (exact) mass is 551 g/mol. The number of halogens is 1. The van der Waals surface area contributed by atoms with E-state index in [0.717, 1.165) is 24.7 Å². The standard InChI is InChI=1S/C27H38ClN3O5S/c1-5-7-17-29-27(33)21(3)30(20-22-10-8-11-23(28)19-22)26(32)12-9-18-31(37(4,34)35)24-13-15-25(16-14-24)36-6-2/h8,10-11,13-16,19,21H,5-7,9,12,17-18,20H2,1-4H3,(H,29,33). The number of ether oxygens (including phenoxy) is 1. The van der Waals surface area contributed by atoms with E-state index in [9.17, 15) is 18.0 Å². The maximum absolute atomic E-state index is 13.3. The molecule has 2 amide bonds. The molecule has 0 fully saturated rings. The number of benzene rings is 2. The summed E-state index contributed by atoms with van der Waals surface area (Å²) < 4.78 is 31.7. The maximum Gasteiger partial charge on any atom is 0.242 e. The molecule has 2 aromatic rings. The second kappa shape index (κ2) is 14.8. The fourth-order valence-corrected chi connectivity index (χ4v) is 5.01. The van der Waals surface area contributed by atoms with E-state index in [1.165, 1.54) is 9.21 Å². The predicted molar refractivity (Wildman–Crippen MR) is 148 cm³/mol. The number of unbranched alkanes of at least 4 members (excludes halogenated alkanes) is 1. The van der Waals surface area contributed by atoms with Gasteiger partial charge in [-0.1, -0.05) is 37.1 Å². The van der Waals surface area contributed by atoms with Gasteiger partial charge in [-0.05, 0) is 68.7 Å². The number of sulfonamides is 1. The lowest BCUT2D eigenvalue weighted by atomic mass is 10.1. The highest BCUT2D eigenvalue weighted by atomic mass is 35.5. The minimum atomic E-state index is -3.57. The molecule has 0 aliphatic rings. The Labute approximate surface area is 226 Å². The van der Waals surface area contributed by atoms with Gasteiger partial charge in [-0.25, -0.2) is 8.42 Å². The van der Waals surface area contributed by atoms with Crippen LogP contribution in [0.25, 0.3) is 0 Å². The first kappa shape index (κ1) is 30.4. The third kappa shape index (κ3) is 9.89. The Balaban J connectivity index is 2.13. The van der Waals surface area contributed by atoms with Crippen molar-refractivity contribution >= 4 is 39.1 Å². The molecule has 2 rings (SSSR count). The molecule has 0 radical (unpaired) electrons. The van der Waals surface area contributed by atoms with Crippen molar-refractivity contribution in [1.82, 2.24) is 10.2 Å². The lowest BCUT2D eigenvalue weighted by Crippen LogP contribution is -2.48. The molecule has 2 aromatic carbocycles. The maximum atomic E-state index is 13.3. The van der Waals surface area contributed by atoms with E-state index < -0.39 is 16.1 Å². The van der Waals surface area contributed by atoms with E-state index in [4.69, 9.17) is 16.3 Å². The Bertz CT molecular complexity index is 1130. The third-order valence-corrected chi connectivity index (χ3v) is 7.26. The highest BCUT2D eigenvalue weighted by Crippen LogP contribution is 2.23. The van der Waals surface area contributed by atoms with Crippen LogP contribution < -0.4 is 14.4 Å². The molecule has 0 saturated carbocycles. The van der Waals surface area contributed by atoms with Crippen molar-refractivity contribution in [2.45, 2.75) is 59.0 Å². The Hall–Kier alpha value is -2.78. The third-order valence-electron chi connectivity index (χ3n) is 5.83. The van der Waals surface area contributed by atoms with Gasteiger partial charge in [0, 0.05) is 31.1 Å². The number of anilines is 1. The smallest absolute Gasteiger partial charge is 0.242 e. The Morgan fingerprint density at radius 3 is 2.38 bits per heavy atom. The Kier molecular flexibility index (Phi) is 12.2. The van der Waals surface area contributed by atoms with Gasteiger partial charge in [-0.15, -0.1) is 0 Å². The molecule has 0 spiro atoms. The summed E-state index contributed by atoms with van der Waals surface area (Å²) in [7, 11) is -3.57. The second-order valence-electron chi connectivity index (χ2n) is 8.84. The summed E-state index contributed by atoms with van der Waals surface area (Å²) in [5.41, 5.74) is 1.30. The number of amides is 2. The highest BCUT2D eigenvalue weighted by molar-refractivity contribution is 7.92. The van der Waals surface area contributed by atoms with Crippen LogP contribution in [-0.2, 0) is 26.2 Å². The zero-order valence-electron chi connectivity index (χ0n) is 22.1. The quantitative estimate of drug-likeness (QED) is 0.326. The van der Waals surface area contributed by atoms with Crippen LogP contribution in [0.1, 0.15) is 52.0 Å². The minimum Gasteiger partial charge on any atom is -0.494 e. The van der Waals surface area contributed by atoms with E-state index in [-0.39, 0.29) is 37.7 Å². The zero-order chi connectivity index (χ0) is 27.4. The summed E-state index contributed by atoms with van der Waals surface area (Å²) in [5.74, 6) is 0.187. The van der Waals surface area contributed by atoms with Gasteiger partial charge in [0.25, 0.3) is 0 Å². The summed E-state index contributed by atoms with van der Waals surface area (Å²) in [6, 6.07) is 13.3. The minimum absolute atomic E-state index is 0.0796. The SMILES string of the molecule is CCCCNC(=O)C(C)N(Cc1cccc(Cl)c1)C(=O)CCCN(c1ccc(OCC)cc1)S(C)(=O)=O. The molecule has 0 saturated heterocycles. The molecule has 204 valence electrons. The average Bonchev–Trinajstić information content (AvgIpc) is 2.85. The van der Waals surface area contributed by atoms with E-state index in [0.29, 0.717) is 29.6 Å². The molecular weight excluding hydrogens is 514 g/mol. The molecule has 8 nitrogen and oxygen atoms in total. The second-order valence-corrected chi connectivity index (χ2v) is 11.2. The molecule has 10 heteroatoms. The molecule has 37 heavy (non-hydrogen) atoms. The zero-order valence-corrected chi connectivity index (χ0v) is 23.6. The fraction of sp³-hybridized carbons (Fsp3) is 0.481. The summed E-state index contributed by atoms with van der Waals surface area (Å²) >= 11 is 6.13. The molecule has 0 aliphatic heterocycles. The van der Waals surface area contributed by atoms with Crippen molar-refractivity contribution in [3.8, 4) is 5.75 Å². The molecule has 0 bridgehead atoms. The topological polar surface area (TPSA) is 96.0 Å². The highest BCUT2D eigenvalue weighted by Gasteiger charge is 2.26. The number of carbonyl (C=O) groups excluding carboxylic acids is 2. The molecule has 0 heterocycles.